The molecule has 106 valence electrons. The van der Waals surface area contributed by atoms with Crippen molar-refractivity contribution in [1.29, 1.82) is 0 Å². The fourth-order valence-electron chi connectivity index (χ4n) is 2.81. The van der Waals surface area contributed by atoms with E-state index >= 15 is 0 Å². The summed E-state index contributed by atoms with van der Waals surface area (Å²) in [7, 11) is 0. The van der Waals surface area contributed by atoms with Gasteiger partial charge < -0.3 is 4.74 Å². The Bertz CT molecular complexity index is 614. The Kier molecular flexibility index (Phi) is 3.87. The Labute approximate surface area is 134 Å². The second kappa shape index (κ2) is 5.98. The maximum Gasteiger partial charge on any atom is 0.200 e. The van der Waals surface area contributed by atoms with Gasteiger partial charge >= 0.3 is 0 Å². The Morgan fingerprint density at radius 3 is 2.76 bits per heavy atom. The molecule has 0 amide bonds. The summed E-state index contributed by atoms with van der Waals surface area (Å²) in [6, 6.07) is 17.0. The van der Waals surface area contributed by atoms with Crippen LogP contribution in [0, 0.1) is 12.5 Å². The maximum atomic E-state index is 5.83. The molecule has 0 saturated heterocycles. The third kappa shape index (κ3) is 2.82. The van der Waals surface area contributed by atoms with Crippen molar-refractivity contribution < 1.29 is 4.74 Å². The van der Waals surface area contributed by atoms with Gasteiger partial charge in [0.05, 0.1) is 0 Å². The minimum atomic E-state index is 0.392. The molecular formula is C18H16OS2. The standard InChI is InChI=1S/C18H16OS2/c1-2-6-15-13(5-1)9-10-14(11-19-15)18-12-20-16-7-3-4-8-17(16)21-18/h1-8,14,18H,9-10,12H2. The Morgan fingerprint density at radius 1 is 1.00 bits per heavy atom. The van der Waals surface area contributed by atoms with Gasteiger partial charge in [-0.3, -0.25) is 0 Å². The summed E-state index contributed by atoms with van der Waals surface area (Å²) in [5, 5.41) is 0.555. The van der Waals surface area contributed by atoms with Gasteiger partial charge in [-0.2, -0.15) is 0 Å². The lowest BCUT2D eigenvalue weighted by Crippen LogP contribution is -2.24. The van der Waals surface area contributed by atoms with Crippen LogP contribution in [-0.2, 0) is 6.42 Å². The lowest BCUT2D eigenvalue weighted by atomic mass is 9.98. The van der Waals surface area contributed by atoms with Crippen LogP contribution in [0.2, 0.25) is 0 Å². The number of rotatable bonds is 1. The summed E-state index contributed by atoms with van der Waals surface area (Å²) in [6.07, 6.45) is 2.20. The van der Waals surface area contributed by atoms with Crippen LogP contribution in [0.1, 0.15) is 12.0 Å². The van der Waals surface area contributed by atoms with E-state index in [1.807, 2.05) is 35.7 Å². The highest BCUT2D eigenvalue weighted by Gasteiger charge is 2.30. The molecule has 21 heavy (non-hydrogen) atoms. The van der Waals surface area contributed by atoms with E-state index in [2.05, 4.69) is 43.0 Å². The molecule has 0 aromatic heterocycles. The molecule has 2 unspecified atom stereocenters. The van der Waals surface area contributed by atoms with Crippen LogP contribution in [0.25, 0.3) is 0 Å². The third-order valence-electron chi connectivity index (χ3n) is 4.00. The molecule has 3 heteroatoms. The summed E-state index contributed by atoms with van der Waals surface area (Å²) in [6.45, 7) is 3.30. The van der Waals surface area contributed by atoms with Crippen molar-refractivity contribution >= 4 is 23.5 Å². The number of fused-ring (bicyclic) bond motifs is 2. The molecule has 0 aliphatic carbocycles. The van der Waals surface area contributed by atoms with Crippen LogP contribution in [0.3, 0.4) is 0 Å². The van der Waals surface area contributed by atoms with Gasteiger partial charge in [-0.05, 0) is 36.6 Å². The molecule has 2 aromatic rings. The van der Waals surface area contributed by atoms with Gasteiger partial charge in [0.2, 0.25) is 6.61 Å². The largest absolute Gasteiger partial charge is 0.478 e. The first-order chi connectivity index (χ1) is 10.4. The van der Waals surface area contributed by atoms with Crippen molar-refractivity contribution in [2.75, 3.05) is 5.75 Å². The Morgan fingerprint density at radius 2 is 1.81 bits per heavy atom. The zero-order chi connectivity index (χ0) is 14.1. The van der Waals surface area contributed by atoms with Gasteiger partial charge in [-0.1, -0.05) is 30.3 Å². The minimum absolute atomic E-state index is 0.392. The average molecular weight is 312 g/mol. The van der Waals surface area contributed by atoms with Crippen LogP contribution in [0.15, 0.2) is 58.3 Å². The molecule has 2 radical (unpaired) electrons. The number of hydrogen-bond donors (Lipinski definition) is 0. The molecule has 2 heterocycles. The van der Waals surface area contributed by atoms with E-state index in [1.54, 1.807) is 0 Å². The first-order valence-corrected chi connectivity index (χ1v) is 9.15. The zero-order valence-electron chi connectivity index (χ0n) is 11.6. The average Bonchev–Trinajstić information content (AvgIpc) is 2.77. The summed E-state index contributed by atoms with van der Waals surface area (Å²) in [5.74, 6) is 2.51. The summed E-state index contributed by atoms with van der Waals surface area (Å²) in [4.78, 5) is 2.82. The lowest BCUT2D eigenvalue weighted by molar-refractivity contribution is 0.336. The monoisotopic (exact) mass is 312 g/mol. The van der Waals surface area contributed by atoms with Crippen molar-refractivity contribution in [2.45, 2.75) is 27.9 Å². The molecule has 0 spiro atoms. The van der Waals surface area contributed by atoms with Gasteiger partial charge in [-0.15, -0.1) is 23.5 Å². The van der Waals surface area contributed by atoms with Crippen molar-refractivity contribution in [3.05, 3.63) is 60.7 Å². The smallest absolute Gasteiger partial charge is 0.200 e. The summed E-state index contributed by atoms with van der Waals surface area (Å²) in [5.41, 5.74) is 1.31. The topological polar surface area (TPSA) is 9.23 Å². The van der Waals surface area contributed by atoms with Crippen molar-refractivity contribution in [3.8, 4) is 5.75 Å². The van der Waals surface area contributed by atoms with Crippen LogP contribution < -0.4 is 4.74 Å². The zero-order valence-corrected chi connectivity index (χ0v) is 13.3. The molecule has 2 aliphatic rings. The van der Waals surface area contributed by atoms with E-state index < -0.39 is 0 Å². The highest BCUT2D eigenvalue weighted by Crippen LogP contribution is 2.45. The lowest BCUT2D eigenvalue weighted by Gasteiger charge is -2.28. The first-order valence-electron chi connectivity index (χ1n) is 7.29. The quantitative estimate of drug-likeness (QED) is 0.738. The van der Waals surface area contributed by atoms with Crippen molar-refractivity contribution in [3.63, 3.8) is 0 Å². The Hall–Kier alpha value is -1.06. The summed E-state index contributed by atoms with van der Waals surface area (Å²) < 4.78 is 5.83. The SMILES string of the molecule is [C]1Oc2ccccc2CCC1C1CSc2ccccc2S1. The van der Waals surface area contributed by atoms with Gasteiger partial charge in [0.15, 0.2) is 0 Å². The van der Waals surface area contributed by atoms with Crippen molar-refractivity contribution in [1.82, 2.24) is 0 Å². The van der Waals surface area contributed by atoms with E-state index in [0.29, 0.717) is 11.2 Å². The van der Waals surface area contributed by atoms with E-state index in [1.165, 1.54) is 15.4 Å². The normalized spacial score (nSPS) is 24.4. The molecule has 0 fully saturated rings. The number of para-hydroxylation sites is 1. The molecule has 2 atom stereocenters. The maximum absolute atomic E-state index is 5.83. The van der Waals surface area contributed by atoms with E-state index in [-0.39, 0.29) is 0 Å². The third-order valence-corrected chi connectivity index (χ3v) is 6.94. The number of benzene rings is 2. The van der Waals surface area contributed by atoms with Gasteiger partial charge in [-0.25, -0.2) is 0 Å². The molecule has 0 bridgehead atoms. The molecule has 1 nitrogen and oxygen atoms in total. The highest BCUT2D eigenvalue weighted by atomic mass is 32.2. The fourth-order valence-corrected chi connectivity index (χ4v) is 5.60. The van der Waals surface area contributed by atoms with Gasteiger partial charge in [0, 0.05) is 26.7 Å². The van der Waals surface area contributed by atoms with Gasteiger partial charge in [0.25, 0.3) is 0 Å². The molecule has 0 saturated carbocycles. The summed E-state index contributed by atoms with van der Waals surface area (Å²) >= 11 is 3.95. The fraction of sp³-hybridized carbons (Fsp3) is 0.278. The van der Waals surface area contributed by atoms with E-state index in [0.717, 1.165) is 24.3 Å². The van der Waals surface area contributed by atoms with Crippen LogP contribution in [0.5, 0.6) is 5.75 Å². The molecule has 4 rings (SSSR count). The van der Waals surface area contributed by atoms with Crippen molar-refractivity contribution in [2.24, 2.45) is 5.92 Å². The number of thioether (sulfide) groups is 2. The predicted octanol–water partition coefficient (Wildman–Crippen LogP) is 4.93. The minimum Gasteiger partial charge on any atom is -0.478 e. The molecular weight excluding hydrogens is 296 g/mol. The van der Waals surface area contributed by atoms with Crippen LogP contribution in [0.4, 0.5) is 0 Å². The number of aryl methyl sites for hydroxylation is 1. The van der Waals surface area contributed by atoms with E-state index in [9.17, 15) is 0 Å². The molecule has 0 N–H and O–H groups in total. The molecule has 2 aliphatic heterocycles. The van der Waals surface area contributed by atoms with Crippen LogP contribution >= 0.6 is 23.5 Å². The number of ether oxygens (including phenoxy) is 1. The second-order valence-electron chi connectivity index (χ2n) is 5.39. The first kappa shape index (κ1) is 13.6. The number of hydrogen-bond acceptors (Lipinski definition) is 3. The van der Waals surface area contributed by atoms with Gasteiger partial charge in [0.1, 0.15) is 5.75 Å². The predicted molar refractivity (Wildman–Crippen MR) is 88.9 cm³/mol. The Balaban J connectivity index is 1.49. The van der Waals surface area contributed by atoms with Crippen LogP contribution in [-0.4, -0.2) is 11.0 Å². The highest BCUT2D eigenvalue weighted by molar-refractivity contribution is 8.06. The van der Waals surface area contributed by atoms with E-state index in [4.69, 9.17) is 4.74 Å². The molecule has 2 aromatic carbocycles. The second-order valence-corrected chi connectivity index (χ2v) is 7.73.